The highest BCUT2D eigenvalue weighted by molar-refractivity contribution is 5.34. The van der Waals surface area contributed by atoms with Crippen LogP contribution in [-0.2, 0) is 12.8 Å². The third-order valence-corrected chi connectivity index (χ3v) is 4.21. The predicted molar refractivity (Wildman–Crippen MR) is 73.3 cm³/mol. The first kappa shape index (κ1) is 12.6. The highest BCUT2D eigenvalue weighted by Gasteiger charge is 2.30. The summed E-state index contributed by atoms with van der Waals surface area (Å²) in [6, 6.07) is 2.21. The first-order chi connectivity index (χ1) is 7.89. The lowest BCUT2D eigenvalue weighted by Crippen LogP contribution is -2.28. The van der Waals surface area contributed by atoms with E-state index in [1.165, 1.54) is 30.5 Å². The molecule has 0 amide bonds. The zero-order valence-corrected chi connectivity index (χ0v) is 11.9. The van der Waals surface area contributed by atoms with E-state index in [1.54, 1.807) is 5.56 Å². The largest absolute Gasteiger partial charge is 0.261 e. The van der Waals surface area contributed by atoms with Crippen molar-refractivity contribution in [3.63, 3.8) is 0 Å². The van der Waals surface area contributed by atoms with Crippen molar-refractivity contribution in [3.05, 3.63) is 29.1 Å². The average molecular weight is 231 g/mol. The van der Waals surface area contributed by atoms with Gasteiger partial charge in [-0.15, -0.1) is 0 Å². The van der Waals surface area contributed by atoms with Crippen molar-refractivity contribution in [1.82, 2.24) is 4.98 Å². The molecule has 1 aromatic rings. The second kappa shape index (κ2) is 4.44. The zero-order chi connectivity index (χ0) is 12.6. The molecular formula is C16H25N. The summed E-state index contributed by atoms with van der Waals surface area (Å²) in [6.45, 7) is 11.6. The molecule has 0 spiro atoms. The van der Waals surface area contributed by atoms with Crippen LogP contribution in [-0.4, -0.2) is 4.98 Å². The molecule has 1 atom stereocenters. The molecule has 0 bridgehead atoms. The molecule has 1 unspecified atom stereocenters. The molecule has 0 N–H and O–H groups in total. The van der Waals surface area contributed by atoms with E-state index >= 15 is 0 Å². The van der Waals surface area contributed by atoms with Crippen molar-refractivity contribution in [2.75, 3.05) is 0 Å². The fourth-order valence-electron chi connectivity index (χ4n) is 2.95. The van der Waals surface area contributed by atoms with E-state index in [1.807, 2.05) is 6.20 Å². The molecule has 1 heterocycles. The molecule has 1 aromatic heterocycles. The lowest BCUT2D eigenvalue weighted by Gasteiger charge is -2.35. The zero-order valence-electron chi connectivity index (χ0n) is 11.9. The third kappa shape index (κ3) is 2.53. The normalized spacial score (nSPS) is 20.5. The fourth-order valence-corrected chi connectivity index (χ4v) is 2.95. The van der Waals surface area contributed by atoms with Crippen molar-refractivity contribution < 1.29 is 0 Å². The summed E-state index contributed by atoms with van der Waals surface area (Å²) in [5, 5.41) is 0. The van der Waals surface area contributed by atoms with E-state index in [-0.39, 0.29) is 0 Å². The second-order valence-electron chi connectivity index (χ2n) is 6.79. The SMILES string of the molecule is CC(C)c1ccnc2c1CCC(C(C)(C)C)C2. The minimum Gasteiger partial charge on any atom is -0.261 e. The van der Waals surface area contributed by atoms with Crippen LogP contribution in [0.15, 0.2) is 12.3 Å². The van der Waals surface area contributed by atoms with Gasteiger partial charge in [-0.2, -0.15) is 0 Å². The van der Waals surface area contributed by atoms with Gasteiger partial charge in [-0.05, 0) is 53.7 Å². The van der Waals surface area contributed by atoms with Gasteiger partial charge in [0.2, 0.25) is 0 Å². The molecular weight excluding hydrogens is 206 g/mol. The standard InChI is InChI=1S/C16H25N/c1-11(2)13-8-9-17-15-10-12(16(3,4)5)6-7-14(13)15/h8-9,11-12H,6-7,10H2,1-5H3. The van der Waals surface area contributed by atoms with Gasteiger partial charge in [0.1, 0.15) is 0 Å². The number of rotatable bonds is 1. The summed E-state index contributed by atoms with van der Waals surface area (Å²) < 4.78 is 0. The van der Waals surface area contributed by atoms with Crippen molar-refractivity contribution in [2.45, 2.75) is 59.8 Å². The van der Waals surface area contributed by atoms with E-state index in [0.29, 0.717) is 11.3 Å². The topological polar surface area (TPSA) is 12.9 Å². The Labute approximate surface area is 106 Å². The van der Waals surface area contributed by atoms with Crippen LogP contribution in [0.1, 0.15) is 63.8 Å². The van der Waals surface area contributed by atoms with Gasteiger partial charge in [0.25, 0.3) is 0 Å². The summed E-state index contributed by atoms with van der Waals surface area (Å²) in [4.78, 5) is 4.63. The molecule has 0 fully saturated rings. The monoisotopic (exact) mass is 231 g/mol. The van der Waals surface area contributed by atoms with Crippen molar-refractivity contribution in [2.24, 2.45) is 11.3 Å². The van der Waals surface area contributed by atoms with Crippen LogP contribution < -0.4 is 0 Å². The van der Waals surface area contributed by atoms with Crippen molar-refractivity contribution in [1.29, 1.82) is 0 Å². The van der Waals surface area contributed by atoms with Gasteiger partial charge in [-0.1, -0.05) is 34.6 Å². The highest BCUT2D eigenvalue weighted by Crippen LogP contribution is 2.38. The number of hydrogen-bond donors (Lipinski definition) is 0. The summed E-state index contributed by atoms with van der Waals surface area (Å²) in [5.74, 6) is 1.41. The Bertz CT molecular complexity index is 398. The Hall–Kier alpha value is -0.850. The molecule has 1 aliphatic carbocycles. The Balaban J connectivity index is 2.31. The Kier molecular flexibility index (Phi) is 3.29. The van der Waals surface area contributed by atoms with E-state index in [2.05, 4.69) is 45.7 Å². The van der Waals surface area contributed by atoms with Crippen LogP contribution in [0.4, 0.5) is 0 Å². The summed E-state index contributed by atoms with van der Waals surface area (Å²) >= 11 is 0. The van der Waals surface area contributed by atoms with E-state index in [9.17, 15) is 0 Å². The van der Waals surface area contributed by atoms with E-state index < -0.39 is 0 Å². The molecule has 0 radical (unpaired) electrons. The van der Waals surface area contributed by atoms with Gasteiger partial charge in [-0.3, -0.25) is 4.98 Å². The van der Waals surface area contributed by atoms with Gasteiger partial charge in [0, 0.05) is 11.9 Å². The van der Waals surface area contributed by atoms with Gasteiger partial charge in [0.15, 0.2) is 0 Å². The average Bonchev–Trinajstić information content (AvgIpc) is 2.26. The van der Waals surface area contributed by atoms with Crippen LogP contribution in [0.2, 0.25) is 0 Å². The Morgan fingerprint density at radius 2 is 2.00 bits per heavy atom. The van der Waals surface area contributed by atoms with Gasteiger partial charge < -0.3 is 0 Å². The maximum atomic E-state index is 4.63. The molecule has 2 rings (SSSR count). The van der Waals surface area contributed by atoms with Gasteiger partial charge >= 0.3 is 0 Å². The molecule has 94 valence electrons. The number of hydrogen-bond acceptors (Lipinski definition) is 1. The Morgan fingerprint density at radius 3 is 2.59 bits per heavy atom. The van der Waals surface area contributed by atoms with E-state index in [0.717, 1.165) is 5.92 Å². The summed E-state index contributed by atoms with van der Waals surface area (Å²) in [6.07, 6.45) is 5.71. The maximum Gasteiger partial charge on any atom is 0.0441 e. The second-order valence-corrected chi connectivity index (χ2v) is 6.79. The van der Waals surface area contributed by atoms with Crippen LogP contribution in [0.5, 0.6) is 0 Å². The third-order valence-electron chi connectivity index (χ3n) is 4.21. The van der Waals surface area contributed by atoms with Crippen LogP contribution in [0.25, 0.3) is 0 Å². The van der Waals surface area contributed by atoms with Gasteiger partial charge in [0.05, 0.1) is 0 Å². The quantitative estimate of drug-likeness (QED) is 0.700. The number of pyridine rings is 1. The maximum absolute atomic E-state index is 4.63. The van der Waals surface area contributed by atoms with Crippen molar-refractivity contribution >= 4 is 0 Å². The lowest BCUT2D eigenvalue weighted by molar-refractivity contribution is 0.213. The Morgan fingerprint density at radius 1 is 1.29 bits per heavy atom. The highest BCUT2D eigenvalue weighted by atomic mass is 14.7. The lowest BCUT2D eigenvalue weighted by atomic mass is 9.71. The smallest absolute Gasteiger partial charge is 0.0441 e. The number of aromatic nitrogens is 1. The molecule has 0 saturated heterocycles. The van der Waals surface area contributed by atoms with Crippen LogP contribution in [0.3, 0.4) is 0 Å². The number of fused-ring (bicyclic) bond motifs is 1. The predicted octanol–water partition coefficient (Wildman–Crippen LogP) is 4.36. The molecule has 1 nitrogen and oxygen atoms in total. The molecule has 1 aliphatic rings. The first-order valence-electron chi connectivity index (χ1n) is 6.86. The van der Waals surface area contributed by atoms with Crippen LogP contribution >= 0.6 is 0 Å². The van der Waals surface area contributed by atoms with Crippen LogP contribution in [0, 0.1) is 11.3 Å². The summed E-state index contributed by atoms with van der Waals surface area (Å²) in [5.41, 5.74) is 4.83. The number of nitrogens with zero attached hydrogens (tertiary/aromatic N) is 1. The van der Waals surface area contributed by atoms with E-state index in [4.69, 9.17) is 0 Å². The van der Waals surface area contributed by atoms with Crippen molar-refractivity contribution in [3.8, 4) is 0 Å². The fraction of sp³-hybridized carbons (Fsp3) is 0.688. The molecule has 0 saturated carbocycles. The van der Waals surface area contributed by atoms with Gasteiger partial charge in [-0.25, -0.2) is 0 Å². The minimum atomic E-state index is 0.410. The first-order valence-corrected chi connectivity index (χ1v) is 6.86. The molecule has 0 aromatic carbocycles. The summed E-state index contributed by atoms with van der Waals surface area (Å²) in [7, 11) is 0. The minimum absolute atomic E-state index is 0.410. The molecule has 0 aliphatic heterocycles. The molecule has 17 heavy (non-hydrogen) atoms. The molecule has 1 heteroatoms.